The van der Waals surface area contributed by atoms with E-state index in [0.717, 1.165) is 71.4 Å². The summed E-state index contributed by atoms with van der Waals surface area (Å²) < 4.78 is 48.3. The third kappa shape index (κ3) is 18.8. The van der Waals surface area contributed by atoms with Crippen LogP contribution in [-0.4, -0.2) is 108 Å². The number of carboxylic acid groups (broad SMARTS) is 1. The van der Waals surface area contributed by atoms with Gasteiger partial charge in [-0.2, -0.15) is 28.5 Å². The molecule has 27 heteroatoms. The van der Waals surface area contributed by atoms with Crippen molar-refractivity contribution in [2.24, 2.45) is 0 Å². The first kappa shape index (κ1) is 59.5. The van der Waals surface area contributed by atoms with Crippen LogP contribution in [0.1, 0.15) is 65.3 Å². The van der Waals surface area contributed by atoms with Crippen LogP contribution >= 0.6 is 23.2 Å². The van der Waals surface area contributed by atoms with Crippen molar-refractivity contribution < 1.29 is 46.9 Å². The van der Waals surface area contributed by atoms with Gasteiger partial charge in [-0.3, -0.25) is 9.59 Å². The summed E-state index contributed by atoms with van der Waals surface area (Å²) in [6.07, 6.45) is 5.41. The molecule has 4 heterocycles. The van der Waals surface area contributed by atoms with E-state index in [9.17, 15) is 22.8 Å². The van der Waals surface area contributed by atoms with Crippen LogP contribution in [0.5, 0.6) is 17.6 Å². The maximum absolute atomic E-state index is 12.4. The smallest absolute Gasteiger partial charge is 0.446 e. The molecule has 0 spiro atoms. The molecule has 3 fully saturated rings. The first-order chi connectivity index (χ1) is 37.5. The lowest BCUT2D eigenvalue weighted by Gasteiger charge is -2.13. The number of imidazole rings is 1. The molecule has 6 N–H and O–H groups in total. The van der Waals surface area contributed by atoms with Crippen molar-refractivity contribution in [3.8, 4) is 29.0 Å². The number of hydrogen-bond donors (Lipinski definition) is 5. The number of amides is 1. The number of aldehydes is 1. The molecular weight excluding hydrogens is 1060 g/mol. The number of aromatic carboxylic acids is 1. The van der Waals surface area contributed by atoms with E-state index in [2.05, 4.69) is 70.4 Å². The fourth-order valence-electron chi connectivity index (χ4n) is 6.42. The number of nitrogens with two attached hydrogens (primary N) is 1. The zero-order valence-corrected chi connectivity index (χ0v) is 43.2. The molecule has 22 nitrogen and oxygen atoms in total. The molecule has 0 saturated heterocycles. The maximum atomic E-state index is 12.4. The molecule has 3 aliphatic rings. The minimum Gasteiger partial charge on any atom is -0.480 e. The lowest BCUT2D eigenvalue weighted by molar-refractivity contribution is -0.156. The zero-order valence-electron chi connectivity index (χ0n) is 41.7. The molecule has 0 atom stereocenters. The number of hydrogen-bond acceptors (Lipinski definition) is 16. The maximum Gasteiger partial charge on any atom is 0.446 e. The van der Waals surface area contributed by atoms with E-state index in [-0.39, 0.29) is 28.6 Å². The molecule has 78 heavy (non-hydrogen) atoms. The second-order valence-electron chi connectivity index (χ2n) is 16.4. The molecule has 0 bridgehead atoms. The van der Waals surface area contributed by atoms with Crippen LogP contribution in [0.3, 0.4) is 0 Å². The Morgan fingerprint density at radius 2 is 1.19 bits per heavy atom. The van der Waals surface area contributed by atoms with Crippen LogP contribution in [0.4, 0.5) is 53.0 Å². The van der Waals surface area contributed by atoms with Gasteiger partial charge in [0.05, 0.1) is 98.5 Å². The van der Waals surface area contributed by atoms with Crippen molar-refractivity contribution in [1.29, 1.82) is 0 Å². The van der Waals surface area contributed by atoms with Crippen molar-refractivity contribution in [3.63, 3.8) is 0 Å². The average Bonchev–Trinajstić information content (AvgIpc) is 4.41. The van der Waals surface area contributed by atoms with Gasteiger partial charge in [-0.05, 0) is 74.9 Å². The standard InChI is InChI=1S/C16H15N5O2.C16H13N5O.C10H11N3.C6H6N2O3.C2HF3O.CH2Cl2/c1-17-12-5-6-13(14(8-12)19-11-3-4-11)20-16(22)10-7-15(23-2)21-18-9-10;1-17-11-3-6-13-14(8-11)21(12-4-5-12)16(19-13)10-7-15(22-2)20-18-9-10;1-12-8-4-5-9(11)10(6-8)13-7-2-3-7;1-11-5-2-4(6(9)10)3-7-8-5;3-2(4,5)1-6;2-1-3/h5-9,11,19H,3-4H2,2H3,(H,20,22);3,6-9,12H,4-5H2,2H3;4-7,13H,2-3,11H2;2-3H,1H3,(H,9,10);1H;1H2. The normalized spacial score (nSPS) is 12.7. The predicted molar refractivity (Wildman–Crippen MR) is 286 cm³/mol. The fourth-order valence-corrected chi connectivity index (χ4v) is 6.42. The van der Waals surface area contributed by atoms with E-state index in [4.69, 9.17) is 73.0 Å². The number of halogens is 5. The number of carbonyl (C=O) groups is 3. The lowest BCUT2D eigenvalue weighted by atomic mass is 10.2. The number of carbonyl (C=O) groups excluding carboxylic acids is 2. The molecule has 3 aliphatic carbocycles. The Kier molecular flexibility index (Phi) is 22.2. The highest BCUT2D eigenvalue weighted by atomic mass is 35.5. The molecule has 3 aromatic carbocycles. The van der Waals surface area contributed by atoms with Crippen LogP contribution in [0, 0.1) is 19.7 Å². The monoisotopic (exact) mass is 1110 g/mol. The van der Waals surface area contributed by atoms with E-state index in [1.165, 1.54) is 45.4 Å². The van der Waals surface area contributed by atoms with Crippen molar-refractivity contribution >= 4 is 92.2 Å². The van der Waals surface area contributed by atoms with Crippen LogP contribution in [0.15, 0.2) is 91.4 Å². The largest absolute Gasteiger partial charge is 0.480 e. The van der Waals surface area contributed by atoms with Crippen molar-refractivity contribution in [2.45, 2.75) is 62.8 Å². The Balaban J connectivity index is 0.000000188. The van der Waals surface area contributed by atoms with Crippen molar-refractivity contribution in [2.75, 3.05) is 48.4 Å². The van der Waals surface area contributed by atoms with Gasteiger partial charge in [0.15, 0.2) is 17.1 Å². The number of carboxylic acids is 1. The Labute approximate surface area is 454 Å². The summed E-state index contributed by atoms with van der Waals surface area (Å²) in [6.45, 7) is 21.2. The number of nitrogens with zero attached hydrogens (tertiary/aromatic N) is 11. The van der Waals surface area contributed by atoms with Crippen molar-refractivity contribution in [3.05, 3.63) is 137 Å². The highest BCUT2D eigenvalue weighted by Gasteiger charge is 2.29. The number of rotatable bonds is 12. The number of methoxy groups -OCH3 is 3. The number of anilines is 4. The highest BCUT2D eigenvalue weighted by Crippen LogP contribution is 2.42. The number of nitrogens with one attached hydrogen (secondary N) is 3. The second kappa shape index (κ2) is 29.1. The quantitative estimate of drug-likeness (QED) is 0.0329. The van der Waals surface area contributed by atoms with E-state index >= 15 is 0 Å². The van der Waals surface area contributed by atoms with Crippen LogP contribution in [0.25, 0.3) is 37.0 Å². The fraction of sp³-hybridized carbons (Fsp3) is 0.275. The van der Waals surface area contributed by atoms with Gasteiger partial charge in [0, 0.05) is 53.3 Å². The summed E-state index contributed by atoms with van der Waals surface area (Å²) in [6, 6.07) is 22.1. The Bertz CT molecular complexity index is 3320. The molecule has 0 aliphatic heterocycles. The molecule has 0 unspecified atom stereocenters. The summed E-state index contributed by atoms with van der Waals surface area (Å²) in [7, 11) is 4.43. The summed E-state index contributed by atoms with van der Waals surface area (Å²) in [5.74, 6) is 0.439. The number of alkyl halides is 5. The molecule has 0 radical (unpaired) electrons. The molecule has 10 rings (SSSR count). The van der Waals surface area contributed by atoms with E-state index < -0.39 is 18.4 Å². The van der Waals surface area contributed by atoms with Crippen LogP contribution < -0.4 is 35.9 Å². The molecule has 4 aromatic heterocycles. The average molecular weight is 1110 g/mol. The second-order valence-corrected chi connectivity index (χ2v) is 17.2. The SMILES string of the molecule is COc1cc(C(=O)O)cnn1.ClCCl.O=CC(F)(F)F.[C-]#[N+]c1ccc(N)c(NC2CC2)c1.[C-]#[N+]c1ccc(NC(=O)c2cnnc(OC)c2)c(NC2CC2)c1.[C-]#[N+]c1ccc2nc(-c3cnnc(OC)c3)n(C3CC3)c2c1. The van der Waals surface area contributed by atoms with Crippen LogP contribution in [-0.2, 0) is 4.79 Å². The first-order valence-corrected chi connectivity index (χ1v) is 24.1. The van der Waals surface area contributed by atoms with Gasteiger partial charge in [-0.15, -0.1) is 38.5 Å². The number of benzene rings is 3. The number of nitrogen functional groups attached to an aromatic ring is 1. The van der Waals surface area contributed by atoms with Gasteiger partial charge >= 0.3 is 12.1 Å². The lowest BCUT2D eigenvalue weighted by Crippen LogP contribution is -2.15. The first-order valence-electron chi connectivity index (χ1n) is 23.0. The third-order valence-corrected chi connectivity index (χ3v) is 10.6. The molecule has 7 aromatic rings. The summed E-state index contributed by atoms with van der Waals surface area (Å²) in [5.41, 5.74) is 13.7. The van der Waals surface area contributed by atoms with E-state index in [1.807, 2.05) is 18.2 Å². The molecule has 404 valence electrons. The summed E-state index contributed by atoms with van der Waals surface area (Å²) in [4.78, 5) is 46.4. The highest BCUT2D eigenvalue weighted by molar-refractivity contribution is 6.40. The predicted octanol–water partition coefficient (Wildman–Crippen LogP) is 11.0. The summed E-state index contributed by atoms with van der Waals surface area (Å²) >= 11 is 9.53. The van der Waals surface area contributed by atoms with E-state index in [1.54, 1.807) is 55.8 Å². The number of aromatic nitrogens is 8. The Hall–Kier alpha value is -9.38. The van der Waals surface area contributed by atoms with Gasteiger partial charge in [0.25, 0.3) is 5.91 Å². The molecule has 3 saturated carbocycles. The molecule has 1 amide bonds. The summed E-state index contributed by atoms with van der Waals surface area (Å²) in [5, 5.41) is 40.4. The Morgan fingerprint density at radius 1 is 0.718 bits per heavy atom. The molecular formula is C51H48Cl2F3N15O7. The van der Waals surface area contributed by atoms with Gasteiger partial charge in [0.2, 0.25) is 23.9 Å². The minimum atomic E-state index is -4.64. The number of fused-ring (bicyclic) bond motifs is 1. The van der Waals surface area contributed by atoms with Crippen LogP contribution in [0.2, 0.25) is 0 Å². The van der Waals surface area contributed by atoms with Gasteiger partial charge in [0.1, 0.15) is 5.82 Å². The van der Waals surface area contributed by atoms with Gasteiger partial charge < -0.3 is 45.6 Å². The third-order valence-electron chi connectivity index (χ3n) is 10.6. The number of ether oxygens (including phenoxy) is 3. The minimum absolute atomic E-state index is 0.0665. The van der Waals surface area contributed by atoms with Crippen molar-refractivity contribution in [1.82, 2.24) is 40.1 Å². The van der Waals surface area contributed by atoms with Gasteiger partial charge in [-0.25, -0.2) is 24.3 Å². The zero-order chi connectivity index (χ0) is 56.8. The topological polar surface area (TPSA) is 269 Å². The Morgan fingerprint density at radius 3 is 1.71 bits per heavy atom. The van der Waals surface area contributed by atoms with E-state index in [0.29, 0.717) is 52.3 Å². The van der Waals surface area contributed by atoms with Gasteiger partial charge in [-0.1, -0.05) is 18.2 Å².